The number of nitrogens with one attached hydrogen (secondary N) is 1. The topological polar surface area (TPSA) is 73.0 Å². The van der Waals surface area contributed by atoms with Gasteiger partial charge in [-0.25, -0.2) is 4.79 Å². The maximum absolute atomic E-state index is 13.0. The number of amides is 4. The van der Waals surface area contributed by atoms with E-state index in [0.29, 0.717) is 52.0 Å². The second kappa shape index (κ2) is 8.43. The number of rotatable bonds is 3. The Morgan fingerprint density at radius 1 is 1.07 bits per heavy atom. The molecule has 1 N–H and O–H groups in total. The van der Waals surface area contributed by atoms with Crippen LogP contribution in [0.2, 0.25) is 0 Å². The van der Waals surface area contributed by atoms with Gasteiger partial charge in [-0.15, -0.1) is 0 Å². The van der Waals surface area contributed by atoms with E-state index in [1.807, 2.05) is 17.9 Å². The predicted octanol–water partition coefficient (Wildman–Crippen LogP) is 1.61. The molecule has 1 aromatic carbocycles. The minimum Gasteiger partial charge on any atom is -0.341 e. The smallest absolute Gasteiger partial charge is 0.317 e. The molecule has 7 heteroatoms. The van der Waals surface area contributed by atoms with Gasteiger partial charge in [0.2, 0.25) is 11.8 Å². The van der Waals surface area contributed by atoms with Crippen LogP contribution in [0.1, 0.15) is 37.3 Å². The number of piperidine rings is 1. The summed E-state index contributed by atoms with van der Waals surface area (Å²) in [7, 11) is 0. The van der Waals surface area contributed by atoms with Crippen molar-refractivity contribution in [3.8, 4) is 0 Å². The van der Waals surface area contributed by atoms with Crippen LogP contribution in [-0.2, 0) is 22.6 Å². The van der Waals surface area contributed by atoms with Crippen LogP contribution in [0.3, 0.4) is 0 Å². The third kappa shape index (κ3) is 4.23. The maximum Gasteiger partial charge on any atom is 0.317 e. The Morgan fingerprint density at radius 2 is 1.79 bits per heavy atom. The Kier molecular flexibility index (Phi) is 5.74. The molecule has 0 bridgehead atoms. The van der Waals surface area contributed by atoms with Crippen LogP contribution in [0.4, 0.5) is 4.79 Å². The zero-order valence-electron chi connectivity index (χ0n) is 17.1. The second-order valence-electron chi connectivity index (χ2n) is 8.32. The molecule has 3 aliphatic heterocycles. The molecule has 2 saturated heterocycles. The van der Waals surface area contributed by atoms with E-state index in [2.05, 4.69) is 23.5 Å². The highest BCUT2D eigenvalue weighted by Crippen LogP contribution is 2.25. The van der Waals surface area contributed by atoms with Crippen molar-refractivity contribution in [3.05, 3.63) is 35.4 Å². The lowest BCUT2D eigenvalue weighted by molar-refractivity contribution is -0.137. The molecule has 4 amide bonds. The molecule has 0 radical (unpaired) electrons. The fraction of sp³-hybridized carbons (Fsp3) is 0.591. The van der Waals surface area contributed by atoms with E-state index in [9.17, 15) is 14.4 Å². The SMILES string of the molecule is CCN1C[C@H](NC(=O)N2CCC(C(=O)N3CCc4ccccc4C3)CC2)CC1=O. The van der Waals surface area contributed by atoms with Crippen LogP contribution in [-0.4, -0.2) is 71.3 Å². The van der Waals surface area contributed by atoms with Crippen molar-refractivity contribution >= 4 is 17.8 Å². The minimum absolute atomic E-state index is 0.00652. The largest absolute Gasteiger partial charge is 0.341 e. The fourth-order valence-corrected chi connectivity index (χ4v) is 4.71. The van der Waals surface area contributed by atoms with E-state index in [-0.39, 0.29) is 29.8 Å². The number of nitrogens with zero attached hydrogens (tertiary/aromatic N) is 3. The number of likely N-dealkylation sites (tertiary alicyclic amines) is 2. The van der Waals surface area contributed by atoms with Crippen LogP contribution in [0.25, 0.3) is 0 Å². The number of hydrogen-bond donors (Lipinski definition) is 1. The number of carbonyl (C=O) groups is 3. The maximum atomic E-state index is 13.0. The van der Waals surface area contributed by atoms with Crippen molar-refractivity contribution in [2.24, 2.45) is 5.92 Å². The van der Waals surface area contributed by atoms with Crippen molar-refractivity contribution < 1.29 is 14.4 Å². The summed E-state index contributed by atoms with van der Waals surface area (Å²) >= 11 is 0. The molecule has 0 saturated carbocycles. The standard InChI is InChI=1S/C22H30N4O3/c1-2-24-15-19(13-20(24)27)23-22(29)25-10-8-17(9-11-25)21(28)26-12-7-16-5-3-4-6-18(16)14-26/h3-6,17,19H,2,7-15H2,1H3,(H,23,29)/t19-/m1/s1. The van der Waals surface area contributed by atoms with Gasteiger partial charge in [-0.2, -0.15) is 0 Å². The van der Waals surface area contributed by atoms with E-state index >= 15 is 0 Å². The molecule has 1 aromatic rings. The number of carbonyl (C=O) groups excluding carboxylic acids is 3. The first kappa shape index (κ1) is 19.7. The van der Waals surface area contributed by atoms with Crippen LogP contribution in [0, 0.1) is 5.92 Å². The van der Waals surface area contributed by atoms with E-state index in [4.69, 9.17) is 0 Å². The summed E-state index contributed by atoms with van der Waals surface area (Å²) in [5.74, 6) is 0.317. The summed E-state index contributed by atoms with van der Waals surface area (Å²) in [6, 6.07) is 8.11. The highest BCUT2D eigenvalue weighted by Gasteiger charge is 2.34. The number of likely N-dealkylation sites (N-methyl/N-ethyl adjacent to an activating group) is 1. The summed E-state index contributed by atoms with van der Waals surface area (Å²) in [5.41, 5.74) is 2.59. The first-order chi connectivity index (χ1) is 14.0. The van der Waals surface area contributed by atoms with Gasteiger partial charge < -0.3 is 20.0 Å². The summed E-state index contributed by atoms with van der Waals surface area (Å²) in [4.78, 5) is 42.9. The van der Waals surface area contributed by atoms with E-state index in [0.717, 1.165) is 13.0 Å². The Labute approximate surface area is 172 Å². The molecule has 0 spiro atoms. The van der Waals surface area contributed by atoms with Gasteiger partial charge in [0.25, 0.3) is 0 Å². The minimum atomic E-state index is -0.112. The van der Waals surface area contributed by atoms with E-state index in [1.54, 1.807) is 9.80 Å². The summed E-state index contributed by atoms with van der Waals surface area (Å²) < 4.78 is 0. The molecule has 1 atom stereocenters. The van der Waals surface area contributed by atoms with Crippen LogP contribution in [0.5, 0.6) is 0 Å². The number of urea groups is 1. The molecule has 156 valence electrons. The van der Waals surface area contributed by atoms with Gasteiger partial charge in [-0.3, -0.25) is 9.59 Å². The first-order valence-corrected chi connectivity index (χ1v) is 10.7. The molecule has 3 aliphatic rings. The van der Waals surface area contributed by atoms with E-state index < -0.39 is 0 Å². The summed E-state index contributed by atoms with van der Waals surface area (Å²) in [5, 5.41) is 2.99. The molecule has 0 unspecified atom stereocenters. The molecule has 0 aliphatic carbocycles. The van der Waals surface area contributed by atoms with Crippen molar-refractivity contribution in [1.82, 2.24) is 20.0 Å². The Bertz CT molecular complexity index is 788. The van der Waals surface area contributed by atoms with Crippen molar-refractivity contribution in [2.45, 2.75) is 45.2 Å². The van der Waals surface area contributed by atoms with Crippen LogP contribution < -0.4 is 5.32 Å². The number of hydrogen-bond acceptors (Lipinski definition) is 3. The molecule has 2 fully saturated rings. The molecule has 0 aromatic heterocycles. The van der Waals surface area contributed by atoms with Gasteiger partial charge in [0.05, 0.1) is 6.04 Å². The lowest BCUT2D eigenvalue weighted by Crippen LogP contribution is -2.50. The van der Waals surface area contributed by atoms with Crippen molar-refractivity contribution in [2.75, 3.05) is 32.7 Å². The molecular formula is C22H30N4O3. The first-order valence-electron chi connectivity index (χ1n) is 10.7. The van der Waals surface area contributed by atoms with Gasteiger partial charge in [-0.05, 0) is 37.3 Å². The third-order valence-corrected chi connectivity index (χ3v) is 6.50. The van der Waals surface area contributed by atoms with Crippen LogP contribution >= 0.6 is 0 Å². The summed E-state index contributed by atoms with van der Waals surface area (Å²) in [6.45, 7) is 5.87. The molecule has 7 nitrogen and oxygen atoms in total. The average Bonchev–Trinajstić information content (AvgIpc) is 3.11. The van der Waals surface area contributed by atoms with Gasteiger partial charge in [0.15, 0.2) is 0 Å². The highest BCUT2D eigenvalue weighted by atomic mass is 16.2. The zero-order chi connectivity index (χ0) is 20.4. The molecule has 3 heterocycles. The Balaban J connectivity index is 1.26. The highest BCUT2D eigenvalue weighted by molar-refractivity contribution is 5.82. The number of fused-ring (bicyclic) bond motifs is 1. The molecule has 29 heavy (non-hydrogen) atoms. The van der Waals surface area contributed by atoms with Gasteiger partial charge in [0.1, 0.15) is 0 Å². The second-order valence-corrected chi connectivity index (χ2v) is 8.32. The monoisotopic (exact) mass is 398 g/mol. The Morgan fingerprint density at radius 3 is 2.48 bits per heavy atom. The molecular weight excluding hydrogens is 368 g/mol. The molecule has 4 rings (SSSR count). The lowest BCUT2D eigenvalue weighted by Gasteiger charge is -2.36. The van der Waals surface area contributed by atoms with Crippen molar-refractivity contribution in [3.63, 3.8) is 0 Å². The predicted molar refractivity (Wildman–Crippen MR) is 109 cm³/mol. The lowest BCUT2D eigenvalue weighted by atomic mass is 9.93. The van der Waals surface area contributed by atoms with Crippen LogP contribution in [0.15, 0.2) is 24.3 Å². The van der Waals surface area contributed by atoms with E-state index in [1.165, 1.54) is 11.1 Å². The van der Waals surface area contributed by atoms with Gasteiger partial charge >= 0.3 is 6.03 Å². The normalized spacial score (nSPS) is 22.6. The zero-order valence-corrected chi connectivity index (χ0v) is 17.1. The average molecular weight is 399 g/mol. The third-order valence-electron chi connectivity index (χ3n) is 6.50. The van der Waals surface area contributed by atoms with Crippen molar-refractivity contribution in [1.29, 1.82) is 0 Å². The van der Waals surface area contributed by atoms with Gasteiger partial charge in [0, 0.05) is 51.6 Å². The quantitative estimate of drug-likeness (QED) is 0.841. The fourth-order valence-electron chi connectivity index (χ4n) is 4.71. The van der Waals surface area contributed by atoms with Gasteiger partial charge in [-0.1, -0.05) is 24.3 Å². The Hall–Kier alpha value is -2.57. The summed E-state index contributed by atoms with van der Waals surface area (Å²) in [6.07, 6.45) is 2.70. The number of benzene rings is 1.